The molecule has 0 amide bonds. The van der Waals surface area contributed by atoms with Gasteiger partial charge in [0.15, 0.2) is 0 Å². The van der Waals surface area contributed by atoms with E-state index in [2.05, 4.69) is 31.2 Å². The summed E-state index contributed by atoms with van der Waals surface area (Å²) in [5.74, 6) is 0. The van der Waals surface area contributed by atoms with Crippen molar-refractivity contribution in [1.29, 1.82) is 0 Å². The van der Waals surface area contributed by atoms with Crippen molar-refractivity contribution in [2.45, 2.75) is 64.3 Å². The summed E-state index contributed by atoms with van der Waals surface area (Å²) in [6, 6.07) is 10.4. The molecule has 1 aliphatic rings. The molecule has 0 saturated heterocycles. The van der Waals surface area contributed by atoms with Crippen LogP contribution in [0.25, 0.3) is 0 Å². The summed E-state index contributed by atoms with van der Waals surface area (Å²) in [6.07, 6.45) is 8.12. The zero-order valence-corrected chi connectivity index (χ0v) is 12.0. The van der Waals surface area contributed by atoms with Crippen molar-refractivity contribution in [1.82, 2.24) is 0 Å². The van der Waals surface area contributed by atoms with E-state index >= 15 is 0 Å². The van der Waals surface area contributed by atoms with Gasteiger partial charge in [-0.1, -0.05) is 56.5 Å². The molecule has 2 rings (SSSR count). The van der Waals surface area contributed by atoms with Gasteiger partial charge in [0, 0.05) is 6.61 Å². The van der Waals surface area contributed by atoms with E-state index in [0.717, 1.165) is 26.1 Å². The molecule has 1 aromatic carbocycles. The van der Waals surface area contributed by atoms with Crippen molar-refractivity contribution in [3.05, 3.63) is 35.9 Å². The molecule has 0 atom stereocenters. The van der Waals surface area contributed by atoms with Gasteiger partial charge in [-0.25, -0.2) is 0 Å². The van der Waals surface area contributed by atoms with Crippen molar-refractivity contribution < 1.29 is 9.47 Å². The van der Waals surface area contributed by atoms with Crippen molar-refractivity contribution in [2.24, 2.45) is 0 Å². The van der Waals surface area contributed by atoms with Gasteiger partial charge in [-0.05, 0) is 24.8 Å². The van der Waals surface area contributed by atoms with Crippen LogP contribution in [0.3, 0.4) is 0 Å². The molecule has 0 aromatic heterocycles. The lowest BCUT2D eigenvalue weighted by molar-refractivity contribution is -0.107. The van der Waals surface area contributed by atoms with E-state index < -0.39 is 0 Å². The van der Waals surface area contributed by atoms with Crippen LogP contribution in [0.5, 0.6) is 0 Å². The predicted octanol–water partition coefficient (Wildman–Crippen LogP) is 4.33. The fraction of sp³-hybridized carbons (Fsp3) is 0.647. The first-order chi connectivity index (χ1) is 9.38. The Balaban J connectivity index is 1.47. The topological polar surface area (TPSA) is 18.5 Å². The molecule has 0 heterocycles. The third kappa shape index (κ3) is 5.33. The summed E-state index contributed by atoms with van der Waals surface area (Å²) in [7, 11) is 0. The second-order valence-electron chi connectivity index (χ2n) is 5.44. The maximum atomic E-state index is 5.86. The lowest BCUT2D eigenvalue weighted by atomic mass is 9.92. The summed E-state index contributed by atoms with van der Waals surface area (Å²) in [5, 5.41) is 0. The third-order valence-electron chi connectivity index (χ3n) is 3.73. The van der Waals surface area contributed by atoms with Gasteiger partial charge in [0.05, 0.1) is 18.8 Å². The van der Waals surface area contributed by atoms with Gasteiger partial charge >= 0.3 is 0 Å². The van der Waals surface area contributed by atoms with Crippen LogP contribution < -0.4 is 0 Å². The van der Waals surface area contributed by atoms with E-state index in [9.17, 15) is 0 Å². The number of benzene rings is 1. The van der Waals surface area contributed by atoms with Gasteiger partial charge in [-0.3, -0.25) is 0 Å². The zero-order chi connectivity index (χ0) is 13.3. The highest BCUT2D eigenvalue weighted by Crippen LogP contribution is 2.27. The van der Waals surface area contributed by atoms with Crippen molar-refractivity contribution >= 4 is 0 Å². The fourth-order valence-corrected chi connectivity index (χ4v) is 2.36. The first kappa shape index (κ1) is 14.5. The van der Waals surface area contributed by atoms with Crippen molar-refractivity contribution in [3.63, 3.8) is 0 Å². The number of unbranched alkanes of at least 4 members (excludes halogenated alkanes) is 3. The first-order valence-electron chi connectivity index (χ1n) is 7.65. The second-order valence-corrected chi connectivity index (χ2v) is 5.44. The van der Waals surface area contributed by atoms with E-state index in [1.807, 2.05) is 6.07 Å². The molecule has 0 N–H and O–H groups in total. The largest absolute Gasteiger partial charge is 0.378 e. The molecular weight excluding hydrogens is 236 g/mol. The molecule has 2 heteroatoms. The van der Waals surface area contributed by atoms with E-state index in [1.54, 1.807) is 0 Å². The van der Waals surface area contributed by atoms with Gasteiger partial charge in [-0.2, -0.15) is 0 Å². The Hall–Kier alpha value is -0.860. The van der Waals surface area contributed by atoms with Crippen LogP contribution in [0.15, 0.2) is 30.3 Å². The Labute approximate surface area is 117 Å². The van der Waals surface area contributed by atoms with E-state index in [-0.39, 0.29) is 0 Å². The molecule has 2 nitrogen and oxygen atoms in total. The summed E-state index contributed by atoms with van der Waals surface area (Å²) < 4.78 is 11.7. The Morgan fingerprint density at radius 3 is 2.42 bits per heavy atom. The van der Waals surface area contributed by atoms with Crippen LogP contribution in [-0.4, -0.2) is 18.8 Å². The molecule has 19 heavy (non-hydrogen) atoms. The summed E-state index contributed by atoms with van der Waals surface area (Å²) in [5.41, 5.74) is 1.26. The minimum atomic E-state index is 0.404. The lowest BCUT2D eigenvalue weighted by Crippen LogP contribution is -2.37. The summed E-state index contributed by atoms with van der Waals surface area (Å²) >= 11 is 0. The van der Waals surface area contributed by atoms with Crippen molar-refractivity contribution in [3.8, 4) is 0 Å². The fourth-order valence-electron chi connectivity index (χ4n) is 2.36. The Kier molecular flexibility index (Phi) is 6.38. The molecule has 1 saturated carbocycles. The molecule has 1 aliphatic carbocycles. The van der Waals surface area contributed by atoms with Gasteiger partial charge in [0.25, 0.3) is 0 Å². The molecular formula is C17H26O2. The highest BCUT2D eigenvalue weighted by Gasteiger charge is 2.30. The van der Waals surface area contributed by atoms with Crippen molar-refractivity contribution in [2.75, 3.05) is 6.61 Å². The molecule has 1 aromatic rings. The van der Waals surface area contributed by atoms with Crippen LogP contribution in [0.4, 0.5) is 0 Å². The second kappa shape index (κ2) is 8.34. The van der Waals surface area contributed by atoms with Crippen LogP contribution in [0.1, 0.15) is 51.0 Å². The molecule has 1 fully saturated rings. The molecule has 0 aliphatic heterocycles. The summed E-state index contributed by atoms with van der Waals surface area (Å²) in [4.78, 5) is 0. The van der Waals surface area contributed by atoms with E-state index in [4.69, 9.17) is 9.47 Å². The number of hydrogen-bond acceptors (Lipinski definition) is 2. The van der Waals surface area contributed by atoms with Crippen LogP contribution in [0, 0.1) is 0 Å². The standard InChI is InChI=1S/C17H26O2/c1-2-3-4-8-11-18-16-12-17(13-16)19-14-15-9-6-5-7-10-15/h5-7,9-10,16-17H,2-4,8,11-14H2,1H3/t16-,17+. The van der Waals surface area contributed by atoms with Crippen LogP contribution in [0.2, 0.25) is 0 Å². The molecule has 0 radical (unpaired) electrons. The molecule has 0 bridgehead atoms. The number of rotatable bonds is 9. The number of hydrogen-bond donors (Lipinski definition) is 0. The number of ether oxygens (including phenoxy) is 2. The monoisotopic (exact) mass is 262 g/mol. The normalized spacial score (nSPS) is 22.2. The Morgan fingerprint density at radius 1 is 0.947 bits per heavy atom. The maximum Gasteiger partial charge on any atom is 0.0720 e. The molecule has 106 valence electrons. The van der Waals surface area contributed by atoms with Crippen LogP contribution in [-0.2, 0) is 16.1 Å². The molecule has 0 unspecified atom stereocenters. The van der Waals surface area contributed by atoms with Gasteiger partial charge in [0.1, 0.15) is 0 Å². The maximum absolute atomic E-state index is 5.86. The van der Waals surface area contributed by atoms with Gasteiger partial charge in [-0.15, -0.1) is 0 Å². The van der Waals surface area contributed by atoms with E-state index in [1.165, 1.54) is 31.2 Å². The first-order valence-corrected chi connectivity index (χ1v) is 7.65. The predicted molar refractivity (Wildman–Crippen MR) is 78.1 cm³/mol. The SMILES string of the molecule is CCCCCCO[C@H]1C[C@@H](OCc2ccccc2)C1. The highest BCUT2D eigenvalue weighted by atomic mass is 16.5. The quantitative estimate of drug-likeness (QED) is 0.617. The van der Waals surface area contributed by atoms with Gasteiger partial charge in [0.2, 0.25) is 0 Å². The highest BCUT2D eigenvalue weighted by molar-refractivity contribution is 5.13. The van der Waals surface area contributed by atoms with E-state index in [0.29, 0.717) is 12.2 Å². The Morgan fingerprint density at radius 2 is 1.68 bits per heavy atom. The lowest BCUT2D eigenvalue weighted by Gasteiger charge is -2.35. The average molecular weight is 262 g/mol. The minimum Gasteiger partial charge on any atom is -0.378 e. The smallest absolute Gasteiger partial charge is 0.0720 e. The zero-order valence-electron chi connectivity index (χ0n) is 12.0. The summed E-state index contributed by atoms with van der Waals surface area (Å²) in [6.45, 7) is 3.90. The third-order valence-corrected chi connectivity index (χ3v) is 3.73. The van der Waals surface area contributed by atoms with Gasteiger partial charge < -0.3 is 9.47 Å². The average Bonchev–Trinajstić information content (AvgIpc) is 2.41. The van der Waals surface area contributed by atoms with Crippen LogP contribution >= 0.6 is 0 Å². The Bertz CT molecular complexity index is 330. The molecule has 0 spiro atoms. The minimum absolute atomic E-state index is 0.404.